The number of carbonyl (C=O) groups excluding carboxylic acids is 2. The highest BCUT2D eigenvalue weighted by atomic mass is 16.6. The van der Waals surface area contributed by atoms with Gasteiger partial charge in [0, 0.05) is 6.54 Å². The van der Waals surface area contributed by atoms with E-state index >= 15 is 0 Å². The van der Waals surface area contributed by atoms with E-state index in [1.54, 1.807) is 11.8 Å². The van der Waals surface area contributed by atoms with Gasteiger partial charge >= 0.3 is 12.1 Å². The average molecular weight is 547 g/mol. The first-order valence-corrected chi connectivity index (χ1v) is 13.9. The number of benzene rings is 1. The summed E-state index contributed by atoms with van der Waals surface area (Å²) in [6, 6.07) is 7.46. The molecule has 2 saturated heterocycles. The number of carboxylic acid groups (broad SMARTS) is 1. The Morgan fingerprint density at radius 1 is 1.21 bits per heavy atom. The molecule has 1 spiro atoms. The van der Waals surface area contributed by atoms with Gasteiger partial charge in [-0.2, -0.15) is 0 Å². The number of carboxylic acids is 1. The zero-order chi connectivity index (χ0) is 28.2. The lowest BCUT2D eigenvalue weighted by atomic mass is 9.82. The number of aliphatic carboxylic acids is 1. The largest absolute Gasteiger partial charge is 0.490 e. The topological polar surface area (TPSA) is 124 Å². The lowest BCUT2D eigenvalue weighted by molar-refractivity contribution is -0.139. The van der Waals surface area contributed by atoms with E-state index < -0.39 is 29.3 Å². The molecule has 0 bridgehead atoms. The molecule has 216 valence electrons. The van der Waals surface area contributed by atoms with Gasteiger partial charge < -0.3 is 34.3 Å². The standard InChI is InChI=1S/C29H42N2O8/c1-19(15-26(33)34)38-23-8-6-5-7-22(23)20-9-11-21(12-10-20)37-16-24-29(18-36-17-25(32)30-29)13-14-31(24)27(35)39-28(2,3)4/h5-8,19-21,24H,9-18H2,1-4H3,(H,30,32)(H,33,34)/t19?,20-,21+,24?,29?. The molecular weight excluding hydrogens is 504 g/mol. The van der Waals surface area contributed by atoms with E-state index in [9.17, 15) is 14.4 Å². The minimum Gasteiger partial charge on any atom is -0.490 e. The molecule has 0 radical (unpaired) electrons. The summed E-state index contributed by atoms with van der Waals surface area (Å²) < 4.78 is 23.7. The summed E-state index contributed by atoms with van der Waals surface area (Å²) in [7, 11) is 0. The van der Waals surface area contributed by atoms with E-state index in [1.165, 1.54) is 0 Å². The van der Waals surface area contributed by atoms with Crippen molar-refractivity contribution in [2.24, 2.45) is 0 Å². The first-order valence-electron chi connectivity index (χ1n) is 13.9. The molecule has 0 aromatic heterocycles. The van der Waals surface area contributed by atoms with Crippen LogP contribution in [0.25, 0.3) is 0 Å². The van der Waals surface area contributed by atoms with E-state index in [0.717, 1.165) is 37.0 Å². The van der Waals surface area contributed by atoms with Crippen LogP contribution in [0.1, 0.15) is 77.7 Å². The zero-order valence-electron chi connectivity index (χ0n) is 23.4. The van der Waals surface area contributed by atoms with Crippen molar-refractivity contribution < 1.29 is 38.4 Å². The molecule has 3 atom stereocenters. The summed E-state index contributed by atoms with van der Waals surface area (Å²) in [4.78, 5) is 38.0. The van der Waals surface area contributed by atoms with Crippen molar-refractivity contribution >= 4 is 18.0 Å². The van der Waals surface area contributed by atoms with Crippen LogP contribution in [-0.4, -0.2) is 83.7 Å². The molecule has 1 aromatic carbocycles. The summed E-state index contributed by atoms with van der Waals surface area (Å²) >= 11 is 0. The number of ether oxygens (including phenoxy) is 4. The van der Waals surface area contributed by atoms with Gasteiger partial charge in [0.05, 0.1) is 37.3 Å². The predicted octanol–water partition coefficient (Wildman–Crippen LogP) is 3.87. The van der Waals surface area contributed by atoms with Crippen molar-refractivity contribution in [2.75, 3.05) is 26.4 Å². The Hall–Kier alpha value is -2.85. The lowest BCUT2D eigenvalue weighted by Gasteiger charge is -2.41. The Labute approximate surface area is 230 Å². The van der Waals surface area contributed by atoms with Crippen molar-refractivity contribution in [1.29, 1.82) is 0 Å². The van der Waals surface area contributed by atoms with Gasteiger partial charge in [0.2, 0.25) is 5.91 Å². The fourth-order valence-electron chi connectivity index (χ4n) is 5.92. The molecule has 3 unspecified atom stereocenters. The van der Waals surface area contributed by atoms with Crippen LogP contribution in [0.3, 0.4) is 0 Å². The summed E-state index contributed by atoms with van der Waals surface area (Å²) in [6.45, 7) is 8.36. The molecule has 2 heterocycles. The average Bonchev–Trinajstić information content (AvgIpc) is 3.18. The van der Waals surface area contributed by atoms with Crippen molar-refractivity contribution in [3.63, 3.8) is 0 Å². The molecule has 4 rings (SSSR count). The highest BCUT2D eigenvalue weighted by molar-refractivity contribution is 5.79. The number of para-hydroxylation sites is 1. The van der Waals surface area contributed by atoms with E-state index in [0.29, 0.717) is 25.5 Å². The normalized spacial score (nSPS) is 28.2. The quantitative estimate of drug-likeness (QED) is 0.504. The SMILES string of the molecule is CC(CC(=O)O)Oc1ccccc1[C@H]1CC[C@@H](OCC2N(C(=O)OC(C)(C)C)CCC23COCC(=O)N3)CC1. The van der Waals surface area contributed by atoms with Crippen LogP contribution in [0.4, 0.5) is 4.79 Å². The molecule has 2 aliphatic heterocycles. The van der Waals surface area contributed by atoms with Gasteiger partial charge in [-0.3, -0.25) is 9.59 Å². The number of rotatable bonds is 8. The highest BCUT2D eigenvalue weighted by Crippen LogP contribution is 2.39. The Morgan fingerprint density at radius 2 is 1.92 bits per heavy atom. The maximum atomic E-state index is 13.0. The van der Waals surface area contributed by atoms with Crippen molar-refractivity contribution in [3.05, 3.63) is 29.8 Å². The van der Waals surface area contributed by atoms with Gasteiger partial charge in [-0.05, 0) is 77.3 Å². The van der Waals surface area contributed by atoms with Gasteiger partial charge in [-0.15, -0.1) is 0 Å². The molecule has 1 aliphatic carbocycles. The predicted molar refractivity (Wildman–Crippen MR) is 143 cm³/mol. The minimum absolute atomic E-state index is 0.0199. The lowest BCUT2D eigenvalue weighted by Crippen LogP contribution is -2.65. The molecule has 10 heteroatoms. The third kappa shape index (κ3) is 7.42. The van der Waals surface area contributed by atoms with Gasteiger partial charge in [0.15, 0.2) is 0 Å². The van der Waals surface area contributed by atoms with Crippen molar-refractivity contribution in [1.82, 2.24) is 10.2 Å². The monoisotopic (exact) mass is 546 g/mol. The molecule has 10 nitrogen and oxygen atoms in total. The van der Waals surface area contributed by atoms with Gasteiger partial charge in [0.25, 0.3) is 0 Å². The molecule has 3 fully saturated rings. The van der Waals surface area contributed by atoms with E-state index in [2.05, 4.69) is 11.4 Å². The van der Waals surface area contributed by atoms with Crippen LogP contribution in [0.5, 0.6) is 5.75 Å². The maximum Gasteiger partial charge on any atom is 0.410 e. The summed E-state index contributed by atoms with van der Waals surface area (Å²) in [5.41, 5.74) is -0.220. The second kappa shape index (κ2) is 12.1. The third-order valence-electron chi connectivity index (χ3n) is 7.74. The first kappa shape index (κ1) is 29.1. The Morgan fingerprint density at radius 3 is 2.59 bits per heavy atom. The molecule has 3 aliphatic rings. The van der Waals surface area contributed by atoms with E-state index in [-0.39, 0.29) is 37.7 Å². The second-order valence-electron chi connectivity index (χ2n) is 12.0. The van der Waals surface area contributed by atoms with Crippen LogP contribution in [0.2, 0.25) is 0 Å². The van der Waals surface area contributed by atoms with Crippen LogP contribution in [-0.2, 0) is 23.8 Å². The van der Waals surface area contributed by atoms with Crippen LogP contribution >= 0.6 is 0 Å². The van der Waals surface area contributed by atoms with Gasteiger partial charge in [-0.1, -0.05) is 18.2 Å². The zero-order valence-corrected chi connectivity index (χ0v) is 23.4. The molecule has 1 aromatic rings. The summed E-state index contributed by atoms with van der Waals surface area (Å²) in [6.07, 6.45) is 3.23. The minimum atomic E-state index is -0.883. The number of amides is 2. The number of hydrogen-bond acceptors (Lipinski definition) is 7. The molecule has 1 saturated carbocycles. The van der Waals surface area contributed by atoms with E-state index in [1.807, 2.05) is 39.0 Å². The van der Waals surface area contributed by atoms with E-state index in [4.69, 9.17) is 24.1 Å². The fraction of sp³-hybridized carbons (Fsp3) is 0.690. The van der Waals surface area contributed by atoms with Gasteiger partial charge in [0.1, 0.15) is 24.1 Å². The van der Waals surface area contributed by atoms with Crippen LogP contribution in [0, 0.1) is 0 Å². The highest BCUT2D eigenvalue weighted by Gasteiger charge is 2.53. The summed E-state index contributed by atoms with van der Waals surface area (Å²) in [5.74, 6) is -0.0348. The van der Waals surface area contributed by atoms with Crippen LogP contribution in [0.15, 0.2) is 24.3 Å². The molecule has 2 N–H and O–H groups in total. The van der Waals surface area contributed by atoms with Crippen molar-refractivity contribution in [2.45, 2.75) is 102 Å². The smallest absolute Gasteiger partial charge is 0.410 e. The number of morpholine rings is 1. The molecule has 39 heavy (non-hydrogen) atoms. The third-order valence-corrected chi connectivity index (χ3v) is 7.74. The second-order valence-corrected chi connectivity index (χ2v) is 12.0. The fourth-order valence-corrected chi connectivity index (χ4v) is 5.92. The molecule has 2 amide bonds. The number of carbonyl (C=O) groups is 3. The van der Waals surface area contributed by atoms with Crippen LogP contribution < -0.4 is 10.1 Å². The number of hydrogen-bond donors (Lipinski definition) is 2. The Balaban J connectivity index is 1.38. The Bertz CT molecular complexity index is 1030. The summed E-state index contributed by atoms with van der Waals surface area (Å²) in [5, 5.41) is 12.2. The van der Waals surface area contributed by atoms with Crippen molar-refractivity contribution in [3.8, 4) is 5.75 Å². The number of likely N-dealkylation sites (tertiary alicyclic amines) is 1. The number of nitrogens with zero attached hydrogens (tertiary/aromatic N) is 1. The van der Waals surface area contributed by atoms with Gasteiger partial charge in [-0.25, -0.2) is 4.79 Å². The first-order chi connectivity index (χ1) is 18.5. The molecular formula is C29H42N2O8. The number of nitrogens with one attached hydrogen (secondary N) is 1. The Kier molecular flexibility index (Phi) is 9.06. The maximum absolute atomic E-state index is 13.0.